The van der Waals surface area contributed by atoms with E-state index in [2.05, 4.69) is 15.4 Å². The number of hydrogen-bond acceptors (Lipinski definition) is 6. The molecular weight excluding hydrogens is 432 g/mol. The van der Waals surface area contributed by atoms with Crippen molar-refractivity contribution in [3.8, 4) is 5.75 Å². The normalized spacial score (nSPS) is 16.4. The summed E-state index contributed by atoms with van der Waals surface area (Å²) in [5.74, 6) is -0.112. The fourth-order valence-corrected chi connectivity index (χ4v) is 4.79. The minimum atomic E-state index is -3.91. The number of halogens is 1. The second-order valence-electron chi connectivity index (χ2n) is 6.88. The maximum absolute atomic E-state index is 12.7. The molecule has 2 amide bonds. The number of piperazine rings is 1. The number of nitrogens with zero attached hydrogens (tertiary/aromatic N) is 1. The summed E-state index contributed by atoms with van der Waals surface area (Å²) < 4.78 is 33.3. The van der Waals surface area contributed by atoms with Gasteiger partial charge in [-0.05, 0) is 23.8 Å². The number of ether oxygens (including phenoxy) is 1. The number of fused-ring (bicyclic) bond motifs is 1. The summed E-state index contributed by atoms with van der Waals surface area (Å²) in [4.78, 5) is 24.7. The average Bonchev–Trinajstić information content (AvgIpc) is 2.72. The fourth-order valence-electron chi connectivity index (χ4n) is 3.23. The zero-order chi connectivity index (χ0) is 21.3. The molecule has 158 valence electrons. The number of benzene rings is 2. The van der Waals surface area contributed by atoms with Gasteiger partial charge in [-0.3, -0.25) is 9.59 Å². The van der Waals surface area contributed by atoms with Crippen molar-refractivity contribution < 1.29 is 22.7 Å². The van der Waals surface area contributed by atoms with Crippen molar-refractivity contribution in [3.05, 3.63) is 47.0 Å². The standard InChI is InChI=1S/C19H19ClN4O5S/c20-14-7-15-16(29-11-19(26)23-15)8-17(14)30(27,28)22-9-12-1-3-13(4-2-12)24-6-5-21-18(25)10-24/h1-4,7-8,22H,5-6,9-11H2,(H,21,25)(H,23,26). The molecule has 0 bridgehead atoms. The van der Waals surface area contributed by atoms with Gasteiger partial charge in [-0.1, -0.05) is 23.7 Å². The lowest BCUT2D eigenvalue weighted by Crippen LogP contribution is -2.47. The van der Waals surface area contributed by atoms with E-state index in [0.29, 0.717) is 18.8 Å². The Balaban J connectivity index is 1.45. The third-order valence-electron chi connectivity index (χ3n) is 4.76. The molecule has 9 nitrogen and oxygen atoms in total. The van der Waals surface area contributed by atoms with E-state index in [1.54, 1.807) is 12.1 Å². The molecule has 0 saturated carbocycles. The van der Waals surface area contributed by atoms with Crippen LogP contribution < -0.4 is 25.0 Å². The molecule has 0 aliphatic carbocycles. The minimum absolute atomic E-state index is 0.0224. The van der Waals surface area contributed by atoms with Crippen LogP contribution in [0.15, 0.2) is 41.3 Å². The number of carbonyl (C=O) groups is 2. The average molecular weight is 451 g/mol. The van der Waals surface area contributed by atoms with Gasteiger partial charge in [0.1, 0.15) is 10.6 Å². The number of amides is 2. The molecular formula is C19H19ClN4O5S. The van der Waals surface area contributed by atoms with Crippen LogP contribution in [0.25, 0.3) is 0 Å². The van der Waals surface area contributed by atoms with Gasteiger partial charge in [-0.25, -0.2) is 13.1 Å². The Kier molecular flexibility index (Phi) is 5.54. The van der Waals surface area contributed by atoms with Crippen LogP contribution in [-0.2, 0) is 26.2 Å². The highest BCUT2D eigenvalue weighted by atomic mass is 35.5. The molecule has 3 N–H and O–H groups in total. The third kappa shape index (κ3) is 4.35. The lowest BCUT2D eigenvalue weighted by Gasteiger charge is -2.28. The van der Waals surface area contributed by atoms with Crippen LogP contribution in [0, 0.1) is 0 Å². The zero-order valence-corrected chi connectivity index (χ0v) is 17.3. The monoisotopic (exact) mass is 450 g/mol. The highest BCUT2D eigenvalue weighted by molar-refractivity contribution is 7.89. The molecule has 0 unspecified atom stereocenters. The first-order valence-corrected chi connectivity index (χ1v) is 11.0. The van der Waals surface area contributed by atoms with Gasteiger partial charge in [-0.2, -0.15) is 0 Å². The van der Waals surface area contributed by atoms with Gasteiger partial charge in [-0.15, -0.1) is 0 Å². The first-order valence-electron chi connectivity index (χ1n) is 9.18. The molecule has 2 aliphatic heterocycles. The van der Waals surface area contributed by atoms with Gasteiger partial charge in [0.2, 0.25) is 15.9 Å². The molecule has 2 aromatic carbocycles. The summed E-state index contributed by atoms with van der Waals surface area (Å²) in [6.07, 6.45) is 0. The predicted octanol–water partition coefficient (Wildman–Crippen LogP) is 1.09. The van der Waals surface area contributed by atoms with Gasteiger partial charge in [0.15, 0.2) is 6.61 Å². The van der Waals surface area contributed by atoms with Crippen molar-refractivity contribution in [1.29, 1.82) is 0 Å². The quantitative estimate of drug-likeness (QED) is 0.627. The molecule has 0 aromatic heterocycles. The molecule has 2 aromatic rings. The summed E-state index contributed by atoms with van der Waals surface area (Å²) >= 11 is 6.13. The van der Waals surface area contributed by atoms with E-state index in [9.17, 15) is 18.0 Å². The first-order chi connectivity index (χ1) is 14.3. The summed E-state index contributed by atoms with van der Waals surface area (Å²) in [7, 11) is -3.91. The van der Waals surface area contributed by atoms with Crippen LogP contribution in [0.4, 0.5) is 11.4 Å². The van der Waals surface area contributed by atoms with Crippen LogP contribution in [0.2, 0.25) is 5.02 Å². The van der Waals surface area contributed by atoms with Gasteiger partial charge in [0.05, 0.1) is 17.3 Å². The molecule has 0 spiro atoms. The largest absolute Gasteiger partial charge is 0.482 e. The highest BCUT2D eigenvalue weighted by Gasteiger charge is 2.24. The van der Waals surface area contributed by atoms with E-state index < -0.39 is 10.0 Å². The third-order valence-corrected chi connectivity index (χ3v) is 6.63. The number of anilines is 2. The maximum atomic E-state index is 12.7. The predicted molar refractivity (Wildman–Crippen MR) is 111 cm³/mol. The summed E-state index contributed by atoms with van der Waals surface area (Å²) in [6, 6.07) is 9.96. The number of sulfonamides is 1. The smallest absolute Gasteiger partial charge is 0.262 e. The van der Waals surface area contributed by atoms with Crippen molar-refractivity contribution in [1.82, 2.24) is 10.0 Å². The van der Waals surface area contributed by atoms with Gasteiger partial charge < -0.3 is 20.3 Å². The molecule has 2 heterocycles. The molecule has 11 heteroatoms. The van der Waals surface area contributed by atoms with E-state index in [1.807, 2.05) is 17.0 Å². The Labute approximate surface area is 178 Å². The van der Waals surface area contributed by atoms with Crippen molar-refractivity contribution >= 4 is 44.8 Å². The SMILES string of the molecule is O=C1CN(c2ccc(CNS(=O)(=O)c3cc4c(cc3Cl)NC(=O)CO4)cc2)CCN1. The van der Waals surface area contributed by atoms with E-state index in [1.165, 1.54) is 12.1 Å². The molecule has 30 heavy (non-hydrogen) atoms. The van der Waals surface area contributed by atoms with Crippen molar-refractivity contribution in [2.24, 2.45) is 0 Å². The van der Waals surface area contributed by atoms with Crippen LogP contribution in [-0.4, -0.2) is 46.5 Å². The van der Waals surface area contributed by atoms with Crippen LogP contribution in [0.1, 0.15) is 5.56 Å². The van der Waals surface area contributed by atoms with Gasteiger partial charge in [0, 0.05) is 31.4 Å². The van der Waals surface area contributed by atoms with Crippen LogP contribution in [0.5, 0.6) is 5.75 Å². The second kappa shape index (κ2) is 8.13. The second-order valence-corrected chi connectivity index (χ2v) is 9.02. The van der Waals surface area contributed by atoms with Crippen molar-refractivity contribution in [2.75, 3.05) is 36.5 Å². The van der Waals surface area contributed by atoms with Crippen LogP contribution in [0.3, 0.4) is 0 Å². The number of hydrogen-bond donors (Lipinski definition) is 3. The van der Waals surface area contributed by atoms with E-state index in [-0.39, 0.29) is 40.6 Å². The lowest BCUT2D eigenvalue weighted by molar-refractivity contribution is -0.120. The molecule has 1 saturated heterocycles. The Morgan fingerprint density at radius 2 is 1.90 bits per heavy atom. The van der Waals surface area contributed by atoms with E-state index in [4.69, 9.17) is 16.3 Å². The van der Waals surface area contributed by atoms with Crippen molar-refractivity contribution in [2.45, 2.75) is 11.4 Å². The zero-order valence-electron chi connectivity index (χ0n) is 15.8. The molecule has 0 radical (unpaired) electrons. The fraction of sp³-hybridized carbons (Fsp3) is 0.263. The van der Waals surface area contributed by atoms with E-state index >= 15 is 0 Å². The molecule has 0 atom stereocenters. The summed E-state index contributed by atoms with van der Waals surface area (Å²) in [5, 5.41) is 5.33. The highest BCUT2D eigenvalue weighted by Crippen LogP contribution is 2.35. The van der Waals surface area contributed by atoms with E-state index in [0.717, 1.165) is 17.8 Å². The van der Waals surface area contributed by atoms with Gasteiger partial charge in [0.25, 0.3) is 5.91 Å². The minimum Gasteiger partial charge on any atom is -0.482 e. The lowest BCUT2D eigenvalue weighted by atomic mass is 10.2. The Hall–Kier alpha value is -2.82. The number of rotatable bonds is 5. The first kappa shape index (κ1) is 20.5. The maximum Gasteiger partial charge on any atom is 0.262 e. The molecule has 1 fully saturated rings. The number of nitrogens with one attached hydrogen (secondary N) is 3. The molecule has 4 rings (SSSR count). The summed E-state index contributed by atoms with van der Waals surface area (Å²) in [6.45, 7) is 1.48. The Bertz CT molecular complexity index is 1100. The van der Waals surface area contributed by atoms with Crippen molar-refractivity contribution in [3.63, 3.8) is 0 Å². The van der Waals surface area contributed by atoms with Crippen LogP contribution >= 0.6 is 11.6 Å². The van der Waals surface area contributed by atoms with Gasteiger partial charge >= 0.3 is 0 Å². The Morgan fingerprint density at radius 1 is 1.13 bits per heavy atom. The summed E-state index contributed by atoms with van der Waals surface area (Å²) in [5.41, 5.74) is 1.98. The molecule has 2 aliphatic rings. The topological polar surface area (TPSA) is 117 Å². The number of carbonyl (C=O) groups excluding carboxylic acids is 2. The Morgan fingerprint density at radius 3 is 2.63 bits per heavy atom.